The van der Waals surface area contributed by atoms with Crippen LogP contribution in [0.15, 0.2) is 72.3 Å². The second kappa shape index (κ2) is 8.29. The molecule has 4 atom stereocenters. The second-order valence-electron chi connectivity index (χ2n) is 10.4. The number of ether oxygens (including phenoxy) is 1. The number of fused-ring (bicyclic) bond motifs is 1. The first-order valence-corrected chi connectivity index (χ1v) is 13.3. The molecule has 2 unspecified atom stereocenters. The van der Waals surface area contributed by atoms with Crippen LogP contribution in [0.5, 0.6) is 0 Å². The molecule has 0 saturated carbocycles. The molecule has 0 radical (unpaired) electrons. The Labute approximate surface area is 192 Å². The van der Waals surface area contributed by atoms with Gasteiger partial charge in [-0.15, -0.1) is 0 Å². The van der Waals surface area contributed by atoms with Gasteiger partial charge in [0.05, 0.1) is 5.41 Å². The molecular formula is C27H34O4Si. The Morgan fingerprint density at radius 1 is 1.06 bits per heavy atom. The molecule has 5 heteroatoms. The summed E-state index contributed by atoms with van der Waals surface area (Å²) in [7, 11) is -2.71. The van der Waals surface area contributed by atoms with Crippen molar-refractivity contribution >= 4 is 24.7 Å². The van der Waals surface area contributed by atoms with Crippen LogP contribution in [0.1, 0.15) is 41.0 Å². The quantitative estimate of drug-likeness (QED) is 0.427. The molecule has 2 aromatic carbocycles. The second-order valence-corrected chi connectivity index (χ2v) is 14.7. The lowest BCUT2D eigenvalue weighted by Crippen LogP contribution is -2.67. The number of esters is 1. The third-order valence-corrected chi connectivity index (χ3v) is 12.6. The van der Waals surface area contributed by atoms with Crippen LogP contribution >= 0.6 is 0 Å². The monoisotopic (exact) mass is 450 g/mol. The molecule has 2 aliphatic rings. The van der Waals surface area contributed by atoms with Gasteiger partial charge in [0.25, 0.3) is 8.32 Å². The van der Waals surface area contributed by atoms with Gasteiger partial charge < -0.3 is 14.3 Å². The average Bonchev–Trinajstić information content (AvgIpc) is 3.00. The van der Waals surface area contributed by atoms with E-state index in [4.69, 9.17) is 9.16 Å². The highest BCUT2D eigenvalue weighted by Crippen LogP contribution is 2.50. The molecule has 1 heterocycles. The van der Waals surface area contributed by atoms with E-state index < -0.39 is 25.8 Å². The van der Waals surface area contributed by atoms with Crippen LogP contribution in [-0.2, 0) is 14.0 Å². The number of rotatable bonds is 5. The predicted octanol–water partition coefficient (Wildman–Crippen LogP) is 3.82. The fourth-order valence-electron chi connectivity index (χ4n) is 5.69. The summed E-state index contributed by atoms with van der Waals surface area (Å²) < 4.78 is 12.7. The first kappa shape index (κ1) is 23.0. The van der Waals surface area contributed by atoms with Crippen molar-refractivity contribution in [3.63, 3.8) is 0 Å². The van der Waals surface area contributed by atoms with E-state index in [2.05, 4.69) is 82.3 Å². The maximum absolute atomic E-state index is 12.3. The smallest absolute Gasteiger partial charge is 0.336 e. The maximum atomic E-state index is 12.3. The Kier molecular flexibility index (Phi) is 5.95. The zero-order valence-electron chi connectivity index (χ0n) is 19.7. The molecule has 0 spiro atoms. The van der Waals surface area contributed by atoms with E-state index >= 15 is 0 Å². The molecule has 0 bridgehead atoms. The summed E-state index contributed by atoms with van der Waals surface area (Å²) in [4.78, 5) is 12.3. The third kappa shape index (κ3) is 3.47. The molecule has 0 amide bonds. The highest BCUT2D eigenvalue weighted by atomic mass is 28.4. The normalized spacial score (nSPS) is 28.1. The van der Waals surface area contributed by atoms with Crippen molar-refractivity contribution < 1.29 is 19.1 Å². The van der Waals surface area contributed by atoms with Crippen LogP contribution in [0, 0.1) is 11.3 Å². The number of carbonyl (C=O) groups is 1. The summed E-state index contributed by atoms with van der Waals surface area (Å²) in [5, 5.41) is 13.1. The number of hydrogen-bond acceptors (Lipinski definition) is 4. The number of benzene rings is 2. The summed E-state index contributed by atoms with van der Waals surface area (Å²) in [6.45, 7) is 11.2. The van der Waals surface area contributed by atoms with Crippen LogP contribution in [-0.4, -0.2) is 38.2 Å². The van der Waals surface area contributed by atoms with E-state index in [0.717, 1.165) is 5.57 Å². The average molecular weight is 451 g/mol. The lowest BCUT2D eigenvalue weighted by Gasteiger charge is -2.47. The van der Waals surface area contributed by atoms with Gasteiger partial charge in [0, 0.05) is 18.9 Å². The molecular weight excluding hydrogens is 416 g/mol. The van der Waals surface area contributed by atoms with Crippen molar-refractivity contribution in [3.05, 3.63) is 72.3 Å². The lowest BCUT2D eigenvalue weighted by molar-refractivity contribution is -0.147. The van der Waals surface area contributed by atoms with Crippen LogP contribution in [0.2, 0.25) is 5.04 Å². The molecule has 1 fully saturated rings. The van der Waals surface area contributed by atoms with E-state index in [0.29, 0.717) is 13.0 Å². The van der Waals surface area contributed by atoms with Crippen molar-refractivity contribution in [2.24, 2.45) is 11.3 Å². The van der Waals surface area contributed by atoms with Crippen molar-refractivity contribution in [2.45, 2.75) is 58.3 Å². The van der Waals surface area contributed by atoms with E-state index in [1.807, 2.05) is 19.1 Å². The van der Waals surface area contributed by atoms with E-state index in [9.17, 15) is 9.90 Å². The first-order valence-electron chi connectivity index (χ1n) is 11.4. The number of aliphatic hydroxyl groups excluding tert-OH is 1. The molecule has 2 aromatic rings. The molecule has 1 N–H and O–H groups in total. The van der Waals surface area contributed by atoms with Gasteiger partial charge in [-0.3, -0.25) is 0 Å². The molecule has 1 saturated heterocycles. The molecule has 1 aliphatic carbocycles. The predicted molar refractivity (Wildman–Crippen MR) is 129 cm³/mol. The minimum Gasteiger partial charge on any atom is -0.459 e. The largest absolute Gasteiger partial charge is 0.459 e. The SMILES string of the molecule is CC1=CC[C@@H]2OC(=O)C(O)[C@]2(C)C1CO[Si](c1ccccc1)(c1ccccc1)C(C)(C)C. The number of carbonyl (C=O) groups excluding carboxylic acids is 1. The van der Waals surface area contributed by atoms with E-state index in [1.165, 1.54) is 10.4 Å². The van der Waals surface area contributed by atoms with Gasteiger partial charge in [-0.25, -0.2) is 4.79 Å². The highest BCUT2D eigenvalue weighted by molar-refractivity contribution is 6.99. The number of hydrogen-bond donors (Lipinski definition) is 1. The standard InChI is InChI=1S/C27H34O4Si/c1-19-16-17-23-27(5,24(28)25(29)31-23)22(19)18-30-32(26(2,3)4,20-12-8-6-9-13-20)21-14-10-7-11-15-21/h6-16,22-24,28H,17-18H2,1-5H3/t22?,23-,24?,27+/m0/s1. The van der Waals surface area contributed by atoms with Gasteiger partial charge in [-0.1, -0.05) is 100 Å². The summed E-state index contributed by atoms with van der Waals surface area (Å²) >= 11 is 0. The summed E-state index contributed by atoms with van der Waals surface area (Å²) in [6, 6.07) is 21.1. The van der Waals surface area contributed by atoms with Crippen molar-refractivity contribution in [2.75, 3.05) is 6.61 Å². The zero-order valence-corrected chi connectivity index (χ0v) is 20.7. The van der Waals surface area contributed by atoms with Gasteiger partial charge in [0.2, 0.25) is 0 Å². The van der Waals surface area contributed by atoms with Crippen LogP contribution in [0.25, 0.3) is 0 Å². The van der Waals surface area contributed by atoms with E-state index in [-0.39, 0.29) is 17.1 Å². The van der Waals surface area contributed by atoms with Crippen LogP contribution in [0.4, 0.5) is 0 Å². The van der Waals surface area contributed by atoms with Gasteiger partial charge in [0.1, 0.15) is 6.10 Å². The fourth-order valence-corrected chi connectivity index (χ4v) is 10.3. The van der Waals surface area contributed by atoms with Crippen LogP contribution in [0.3, 0.4) is 0 Å². The third-order valence-electron chi connectivity index (χ3n) is 7.60. The van der Waals surface area contributed by atoms with Gasteiger partial charge >= 0.3 is 5.97 Å². The van der Waals surface area contributed by atoms with Crippen molar-refractivity contribution in [3.8, 4) is 0 Å². The topological polar surface area (TPSA) is 55.8 Å². The van der Waals surface area contributed by atoms with Gasteiger partial charge in [0.15, 0.2) is 6.10 Å². The van der Waals surface area contributed by atoms with E-state index in [1.54, 1.807) is 0 Å². The first-order chi connectivity index (χ1) is 15.1. The Balaban J connectivity index is 1.80. The molecule has 4 nitrogen and oxygen atoms in total. The number of aliphatic hydroxyl groups is 1. The molecule has 0 aromatic heterocycles. The highest BCUT2D eigenvalue weighted by Gasteiger charge is 2.60. The molecule has 32 heavy (non-hydrogen) atoms. The Morgan fingerprint density at radius 3 is 2.09 bits per heavy atom. The Bertz CT molecular complexity index is 956. The molecule has 170 valence electrons. The molecule has 1 aliphatic heterocycles. The summed E-state index contributed by atoms with van der Waals surface area (Å²) in [5.41, 5.74) is 0.459. The lowest BCUT2D eigenvalue weighted by atomic mass is 9.64. The van der Waals surface area contributed by atoms with Crippen LogP contribution < -0.4 is 10.4 Å². The van der Waals surface area contributed by atoms with Crippen molar-refractivity contribution in [1.29, 1.82) is 0 Å². The fraction of sp³-hybridized carbons (Fsp3) is 0.444. The Morgan fingerprint density at radius 2 is 1.59 bits per heavy atom. The minimum atomic E-state index is -2.71. The maximum Gasteiger partial charge on any atom is 0.336 e. The zero-order chi connectivity index (χ0) is 23.1. The van der Waals surface area contributed by atoms with Gasteiger partial charge in [-0.05, 0) is 22.3 Å². The van der Waals surface area contributed by atoms with Crippen molar-refractivity contribution in [1.82, 2.24) is 0 Å². The summed E-state index contributed by atoms with van der Waals surface area (Å²) in [6.07, 6.45) is 1.32. The minimum absolute atomic E-state index is 0.107. The van der Waals surface area contributed by atoms with Gasteiger partial charge in [-0.2, -0.15) is 0 Å². The molecule has 4 rings (SSSR count). The Hall–Kier alpha value is -2.21. The summed E-state index contributed by atoms with van der Waals surface area (Å²) in [5.74, 6) is -0.625.